The number of hydrogen-bond donors (Lipinski definition) is 12. The van der Waals surface area contributed by atoms with E-state index in [1.807, 2.05) is 0 Å². The maximum Gasteiger partial charge on any atom is 0.239 e. The van der Waals surface area contributed by atoms with Gasteiger partial charge >= 0.3 is 0 Å². The van der Waals surface area contributed by atoms with E-state index < -0.39 is 131 Å². The van der Waals surface area contributed by atoms with Crippen LogP contribution >= 0.6 is 0 Å². The number of hydrogen-bond acceptors (Lipinski definition) is 18. The highest BCUT2D eigenvalue weighted by Crippen LogP contribution is 2.43. The van der Waals surface area contributed by atoms with Crippen molar-refractivity contribution in [2.24, 2.45) is 0 Å². The fourth-order valence-electron chi connectivity index (χ4n) is 5.07. The number of phenols is 5. The largest absolute Gasteiger partial charge is 0.508 e. The summed E-state index contributed by atoms with van der Waals surface area (Å²) in [6, 6.07) is 3.51. The predicted octanol–water partition coefficient (Wildman–Crippen LogP) is -3.01. The number of aliphatic hydroxyl groups excluding tert-OH is 7. The summed E-state index contributed by atoms with van der Waals surface area (Å²) in [6.45, 7) is -1.72. The first-order valence-corrected chi connectivity index (χ1v) is 13.3. The van der Waals surface area contributed by atoms with E-state index in [0.29, 0.717) is 0 Å². The first-order valence-electron chi connectivity index (χ1n) is 13.3. The van der Waals surface area contributed by atoms with Crippen molar-refractivity contribution in [2.45, 2.75) is 61.4 Å². The van der Waals surface area contributed by atoms with Crippen LogP contribution in [0.4, 0.5) is 0 Å². The summed E-state index contributed by atoms with van der Waals surface area (Å²) in [5.74, 6) is -5.28. The molecule has 10 atom stereocenters. The van der Waals surface area contributed by atoms with E-state index in [1.165, 1.54) is 0 Å². The normalized spacial score (nSPS) is 32.1. The molecule has 0 spiro atoms. The molecule has 2 aromatic carbocycles. The van der Waals surface area contributed by atoms with Crippen LogP contribution in [0.1, 0.15) is 0 Å². The van der Waals surface area contributed by atoms with Gasteiger partial charge in [-0.1, -0.05) is 0 Å². The van der Waals surface area contributed by atoms with Gasteiger partial charge in [-0.25, -0.2) is 0 Å². The molecular weight excluding hydrogens is 612 g/mol. The summed E-state index contributed by atoms with van der Waals surface area (Å²) in [5, 5.41) is 121. The molecule has 12 N–H and O–H groups in total. The lowest BCUT2D eigenvalue weighted by Crippen LogP contribution is -2.65. The van der Waals surface area contributed by atoms with E-state index >= 15 is 0 Å². The maximum absolute atomic E-state index is 13.6. The van der Waals surface area contributed by atoms with Gasteiger partial charge in [0.25, 0.3) is 0 Å². The van der Waals surface area contributed by atoms with E-state index in [0.717, 1.165) is 24.3 Å². The zero-order valence-corrected chi connectivity index (χ0v) is 22.8. The van der Waals surface area contributed by atoms with Gasteiger partial charge in [0, 0.05) is 17.7 Å². The summed E-state index contributed by atoms with van der Waals surface area (Å²) in [4.78, 5) is 13.6. The monoisotopic (exact) mass is 642 g/mol. The van der Waals surface area contributed by atoms with Crippen LogP contribution in [0.2, 0.25) is 0 Å². The van der Waals surface area contributed by atoms with E-state index in [1.54, 1.807) is 0 Å². The number of fused-ring (bicyclic) bond motifs is 1. The van der Waals surface area contributed by atoms with Crippen molar-refractivity contribution < 1.29 is 84.6 Å². The van der Waals surface area contributed by atoms with Crippen LogP contribution in [0.5, 0.6) is 34.5 Å². The lowest BCUT2D eigenvalue weighted by Gasteiger charge is -2.45. The number of ether oxygens (including phenoxy) is 4. The average Bonchev–Trinajstić information content (AvgIpc) is 2.99. The van der Waals surface area contributed by atoms with Crippen molar-refractivity contribution in [1.29, 1.82) is 0 Å². The molecule has 18 nitrogen and oxygen atoms in total. The van der Waals surface area contributed by atoms with Crippen molar-refractivity contribution in [3.63, 3.8) is 0 Å². The van der Waals surface area contributed by atoms with Crippen molar-refractivity contribution in [2.75, 3.05) is 13.2 Å². The van der Waals surface area contributed by atoms with Gasteiger partial charge in [-0.05, 0) is 12.1 Å². The second-order valence-corrected chi connectivity index (χ2v) is 10.4. The molecule has 1 aromatic heterocycles. The molecule has 0 radical (unpaired) electrons. The Bertz CT molecular complexity index is 1580. The molecule has 246 valence electrons. The summed E-state index contributed by atoms with van der Waals surface area (Å²) in [5.41, 5.74) is -1.80. The minimum absolute atomic E-state index is 0.284. The first kappa shape index (κ1) is 32.4. The fraction of sp³-hybridized carbons (Fsp3) is 0.444. The number of aromatic hydroxyl groups is 5. The Hall–Kier alpha value is -3.95. The maximum atomic E-state index is 13.6. The van der Waals surface area contributed by atoms with Gasteiger partial charge in [-0.15, -0.1) is 0 Å². The van der Waals surface area contributed by atoms with Crippen LogP contribution in [0.25, 0.3) is 22.3 Å². The molecule has 3 heterocycles. The molecule has 0 bridgehead atoms. The summed E-state index contributed by atoms with van der Waals surface area (Å²) in [7, 11) is 0. The SMILES string of the molecule is O=c1c(O[C@@H]2O[C@H](CO)C(O[C@@H]3O[C@H](CO)[C@H](O)[C@H](O)[C@H]3O)[C@H](O)[C@H]2O)c(-c2cc(O)c(O)c(O)c2)oc2cc(O)cc(O)c12. The summed E-state index contributed by atoms with van der Waals surface area (Å²) in [6.07, 6.45) is -18.0. The third-order valence-corrected chi connectivity index (χ3v) is 7.44. The quantitative estimate of drug-likeness (QED) is 0.114. The van der Waals surface area contributed by atoms with Crippen LogP contribution in [0.15, 0.2) is 33.5 Å². The van der Waals surface area contributed by atoms with E-state index in [-0.39, 0.29) is 5.56 Å². The zero-order chi connectivity index (χ0) is 32.9. The van der Waals surface area contributed by atoms with Crippen LogP contribution in [0.3, 0.4) is 0 Å². The van der Waals surface area contributed by atoms with Gasteiger partial charge < -0.3 is 84.6 Å². The van der Waals surface area contributed by atoms with Crippen molar-refractivity contribution >= 4 is 11.0 Å². The second kappa shape index (κ2) is 12.4. The highest BCUT2D eigenvalue weighted by molar-refractivity contribution is 5.88. The van der Waals surface area contributed by atoms with Crippen LogP contribution < -0.4 is 10.2 Å². The standard InChI is InChI=1S/C27H30O18/c28-5-13-17(35)19(37)21(39)26(42-13)44-24-14(6-29)43-27(22(40)20(24)38)45-25-18(36)15-9(31)3-8(30)4-12(15)41-23(25)7-1-10(32)16(34)11(33)2-7/h1-4,13-14,17,19-22,24,26-35,37-40H,5-6H2/t13-,14-,17+,19+,20-,21-,22-,24?,26+,27+/m1/s1. The van der Waals surface area contributed by atoms with Gasteiger partial charge in [0.2, 0.25) is 17.5 Å². The number of phenolic OH excluding ortho intramolecular Hbond substituents is 5. The fourth-order valence-corrected chi connectivity index (χ4v) is 5.07. The Morgan fingerprint density at radius 3 is 1.91 bits per heavy atom. The molecule has 2 aliphatic rings. The van der Waals surface area contributed by atoms with Crippen molar-refractivity contribution in [1.82, 2.24) is 0 Å². The molecule has 18 heteroatoms. The highest BCUT2D eigenvalue weighted by Gasteiger charge is 2.51. The average molecular weight is 643 g/mol. The Labute approximate surface area is 250 Å². The second-order valence-electron chi connectivity index (χ2n) is 10.4. The molecule has 1 unspecified atom stereocenters. The molecule has 0 saturated carbocycles. The molecule has 2 aliphatic heterocycles. The molecule has 0 aliphatic carbocycles. The lowest BCUT2D eigenvalue weighted by atomic mass is 9.97. The predicted molar refractivity (Wildman–Crippen MR) is 143 cm³/mol. The van der Waals surface area contributed by atoms with Crippen LogP contribution in [-0.2, 0) is 14.2 Å². The number of benzene rings is 2. The summed E-state index contributed by atoms with van der Waals surface area (Å²) < 4.78 is 27.6. The molecular formula is C27H30O18. The van der Waals surface area contributed by atoms with E-state index in [9.17, 15) is 66.1 Å². The third kappa shape index (κ3) is 5.79. The summed E-state index contributed by atoms with van der Waals surface area (Å²) >= 11 is 0. The van der Waals surface area contributed by atoms with Gasteiger partial charge in [0.15, 0.2) is 29.3 Å². The minimum atomic E-state index is -2.10. The smallest absolute Gasteiger partial charge is 0.239 e. The van der Waals surface area contributed by atoms with Crippen molar-refractivity contribution in [3.8, 4) is 45.8 Å². The van der Waals surface area contributed by atoms with Gasteiger partial charge in [0.1, 0.15) is 71.3 Å². The van der Waals surface area contributed by atoms with E-state index in [2.05, 4.69) is 0 Å². The Morgan fingerprint density at radius 1 is 0.689 bits per heavy atom. The Balaban J connectivity index is 1.51. The first-order chi connectivity index (χ1) is 21.3. The van der Waals surface area contributed by atoms with Crippen LogP contribution in [-0.4, -0.2) is 136 Å². The minimum Gasteiger partial charge on any atom is -0.508 e. The number of rotatable bonds is 7. The zero-order valence-electron chi connectivity index (χ0n) is 22.8. The Kier molecular flexibility index (Phi) is 8.97. The topological polar surface area (TPSA) is 310 Å². The third-order valence-electron chi connectivity index (χ3n) is 7.44. The molecule has 2 fully saturated rings. The molecule has 5 rings (SSSR count). The lowest BCUT2D eigenvalue weighted by molar-refractivity contribution is -0.352. The van der Waals surface area contributed by atoms with Gasteiger partial charge in [-0.2, -0.15) is 0 Å². The molecule has 45 heavy (non-hydrogen) atoms. The van der Waals surface area contributed by atoms with Gasteiger partial charge in [0.05, 0.1) is 13.2 Å². The van der Waals surface area contributed by atoms with Crippen molar-refractivity contribution in [3.05, 3.63) is 34.5 Å². The molecule has 3 aromatic rings. The Morgan fingerprint density at radius 2 is 1.29 bits per heavy atom. The molecule has 0 amide bonds. The van der Waals surface area contributed by atoms with Crippen LogP contribution in [0, 0.1) is 0 Å². The highest BCUT2D eigenvalue weighted by atomic mass is 16.7. The van der Waals surface area contributed by atoms with E-state index in [4.69, 9.17) is 23.4 Å². The van der Waals surface area contributed by atoms with Gasteiger partial charge in [-0.3, -0.25) is 4.79 Å². The number of aliphatic hydroxyl groups is 7. The molecule has 2 saturated heterocycles.